The van der Waals surface area contributed by atoms with Crippen LogP contribution in [0.4, 0.5) is 4.39 Å². The molecule has 0 spiro atoms. The molecule has 0 fully saturated rings. The molecule has 2 aromatic carbocycles. The van der Waals surface area contributed by atoms with Gasteiger partial charge in [-0.1, -0.05) is 35.9 Å². The number of hydrogen-bond donors (Lipinski definition) is 1. The summed E-state index contributed by atoms with van der Waals surface area (Å²) in [5.41, 5.74) is 3.94. The van der Waals surface area contributed by atoms with Crippen LogP contribution in [0.1, 0.15) is 28.4 Å². The van der Waals surface area contributed by atoms with Gasteiger partial charge < -0.3 is 5.11 Å². The predicted molar refractivity (Wildman–Crippen MR) is 76.0 cm³/mol. The van der Waals surface area contributed by atoms with Gasteiger partial charge in [0.25, 0.3) is 0 Å². The van der Waals surface area contributed by atoms with Crippen molar-refractivity contribution in [3.63, 3.8) is 0 Å². The van der Waals surface area contributed by atoms with E-state index >= 15 is 0 Å². The Morgan fingerprint density at radius 3 is 2.37 bits per heavy atom. The SMILES string of the molecule is Cc1cccc(C)c1CC(O)c1ccc(F)cc1Cl. The maximum absolute atomic E-state index is 13.0. The molecular weight excluding hydrogens is 263 g/mol. The van der Waals surface area contributed by atoms with E-state index in [2.05, 4.69) is 0 Å². The second-order valence-corrected chi connectivity index (χ2v) is 5.16. The summed E-state index contributed by atoms with van der Waals surface area (Å²) < 4.78 is 13.0. The molecule has 0 amide bonds. The zero-order valence-corrected chi connectivity index (χ0v) is 11.7. The standard InChI is InChI=1S/C16H16ClFO/c1-10-4-3-5-11(2)14(10)9-16(19)13-7-6-12(18)8-15(13)17/h3-8,16,19H,9H2,1-2H3. The fraction of sp³-hybridized carbons (Fsp3) is 0.250. The fourth-order valence-corrected chi connectivity index (χ4v) is 2.54. The molecule has 0 heterocycles. The van der Waals surface area contributed by atoms with Gasteiger partial charge in [0.05, 0.1) is 6.10 Å². The van der Waals surface area contributed by atoms with E-state index < -0.39 is 11.9 Å². The molecule has 0 aliphatic carbocycles. The highest BCUT2D eigenvalue weighted by Gasteiger charge is 2.15. The number of aliphatic hydroxyl groups is 1. The van der Waals surface area contributed by atoms with E-state index in [1.54, 1.807) is 0 Å². The Morgan fingerprint density at radius 2 is 1.79 bits per heavy atom. The first-order valence-corrected chi connectivity index (χ1v) is 6.55. The third kappa shape index (κ3) is 3.14. The molecule has 1 unspecified atom stereocenters. The third-order valence-electron chi connectivity index (χ3n) is 3.36. The average molecular weight is 279 g/mol. The van der Waals surface area contributed by atoms with Crippen LogP contribution in [-0.4, -0.2) is 5.11 Å². The van der Waals surface area contributed by atoms with E-state index in [1.807, 2.05) is 32.0 Å². The van der Waals surface area contributed by atoms with Gasteiger partial charge in [-0.15, -0.1) is 0 Å². The molecule has 0 radical (unpaired) electrons. The van der Waals surface area contributed by atoms with Gasteiger partial charge in [0.15, 0.2) is 0 Å². The van der Waals surface area contributed by atoms with Crippen LogP contribution in [0.2, 0.25) is 5.02 Å². The zero-order chi connectivity index (χ0) is 14.0. The van der Waals surface area contributed by atoms with Gasteiger partial charge in [0, 0.05) is 11.4 Å². The molecular formula is C16H16ClFO. The molecule has 2 aromatic rings. The minimum atomic E-state index is -0.729. The van der Waals surface area contributed by atoms with Crippen molar-refractivity contribution in [1.29, 1.82) is 0 Å². The predicted octanol–water partition coefficient (Wildman–Crippen LogP) is 4.37. The molecule has 100 valence electrons. The van der Waals surface area contributed by atoms with E-state index in [-0.39, 0.29) is 5.02 Å². The maximum Gasteiger partial charge on any atom is 0.124 e. The Labute approximate surface area is 117 Å². The second kappa shape index (κ2) is 5.72. The van der Waals surface area contributed by atoms with Gasteiger partial charge in [0.1, 0.15) is 5.82 Å². The Bertz CT molecular complexity index is 575. The van der Waals surface area contributed by atoms with Gasteiger partial charge >= 0.3 is 0 Å². The van der Waals surface area contributed by atoms with Crippen molar-refractivity contribution in [2.45, 2.75) is 26.4 Å². The summed E-state index contributed by atoms with van der Waals surface area (Å²) in [5, 5.41) is 10.6. The molecule has 0 aliphatic heterocycles. The lowest BCUT2D eigenvalue weighted by Gasteiger charge is -2.16. The average Bonchev–Trinajstić information content (AvgIpc) is 2.33. The van der Waals surface area contributed by atoms with Crippen LogP contribution in [0, 0.1) is 19.7 Å². The number of aryl methyl sites for hydroxylation is 2. The molecule has 2 rings (SSSR count). The van der Waals surface area contributed by atoms with E-state index in [0.717, 1.165) is 16.7 Å². The minimum absolute atomic E-state index is 0.263. The van der Waals surface area contributed by atoms with Crippen LogP contribution in [0.3, 0.4) is 0 Å². The number of rotatable bonds is 3. The fourth-order valence-electron chi connectivity index (χ4n) is 2.25. The highest BCUT2D eigenvalue weighted by molar-refractivity contribution is 6.31. The summed E-state index contributed by atoms with van der Waals surface area (Å²) in [6.07, 6.45) is -0.253. The Balaban J connectivity index is 2.28. The number of hydrogen-bond acceptors (Lipinski definition) is 1. The smallest absolute Gasteiger partial charge is 0.124 e. The second-order valence-electron chi connectivity index (χ2n) is 4.76. The van der Waals surface area contributed by atoms with Crippen molar-refractivity contribution >= 4 is 11.6 Å². The normalized spacial score (nSPS) is 12.5. The third-order valence-corrected chi connectivity index (χ3v) is 3.69. The number of halogens is 2. The molecule has 0 bridgehead atoms. The lowest BCUT2D eigenvalue weighted by molar-refractivity contribution is 0.178. The van der Waals surface area contributed by atoms with Gasteiger partial charge in [0.2, 0.25) is 0 Å². The monoisotopic (exact) mass is 278 g/mol. The van der Waals surface area contributed by atoms with Crippen molar-refractivity contribution in [1.82, 2.24) is 0 Å². The minimum Gasteiger partial charge on any atom is -0.388 e. The molecule has 19 heavy (non-hydrogen) atoms. The Hall–Kier alpha value is -1.38. The quantitative estimate of drug-likeness (QED) is 0.884. The molecule has 1 nitrogen and oxygen atoms in total. The molecule has 0 aliphatic rings. The van der Waals surface area contributed by atoms with Crippen LogP contribution in [0.5, 0.6) is 0 Å². The summed E-state index contributed by atoms with van der Waals surface area (Å²) in [6.45, 7) is 4.03. The summed E-state index contributed by atoms with van der Waals surface area (Å²) in [6, 6.07) is 10.1. The molecule has 1 N–H and O–H groups in total. The van der Waals surface area contributed by atoms with E-state index in [0.29, 0.717) is 12.0 Å². The highest BCUT2D eigenvalue weighted by atomic mass is 35.5. The number of aliphatic hydroxyl groups excluding tert-OH is 1. The Morgan fingerprint density at radius 1 is 1.16 bits per heavy atom. The summed E-state index contributed by atoms with van der Waals surface area (Å²) in [5.74, 6) is -0.395. The molecule has 1 atom stereocenters. The lowest BCUT2D eigenvalue weighted by Crippen LogP contribution is -2.05. The first-order valence-electron chi connectivity index (χ1n) is 6.17. The zero-order valence-electron chi connectivity index (χ0n) is 11.0. The number of benzene rings is 2. The topological polar surface area (TPSA) is 20.2 Å². The van der Waals surface area contributed by atoms with Crippen molar-refractivity contribution < 1.29 is 9.50 Å². The summed E-state index contributed by atoms with van der Waals surface area (Å²) in [7, 11) is 0. The molecule has 0 saturated heterocycles. The largest absolute Gasteiger partial charge is 0.388 e. The first kappa shape index (κ1) is 14.0. The first-order chi connectivity index (χ1) is 8.99. The van der Waals surface area contributed by atoms with Crippen LogP contribution in [0.25, 0.3) is 0 Å². The van der Waals surface area contributed by atoms with Crippen molar-refractivity contribution in [3.05, 3.63) is 69.5 Å². The van der Waals surface area contributed by atoms with Crippen LogP contribution < -0.4 is 0 Å². The Kier molecular flexibility index (Phi) is 4.23. The summed E-state index contributed by atoms with van der Waals surface area (Å²) in [4.78, 5) is 0. The van der Waals surface area contributed by atoms with Gasteiger partial charge in [-0.05, 0) is 48.2 Å². The molecule has 0 saturated carbocycles. The van der Waals surface area contributed by atoms with Gasteiger partial charge in [-0.25, -0.2) is 4.39 Å². The van der Waals surface area contributed by atoms with Gasteiger partial charge in [-0.2, -0.15) is 0 Å². The molecule has 0 aromatic heterocycles. The van der Waals surface area contributed by atoms with E-state index in [4.69, 9.17) is 11.6 Å². The summed E-state index contributed by atoms with van der Waals surface area (Å²) >= 11 is 5.97. The van der Waals surface area contributed by atoms with Crippen LogP contribution in [-0.2, 0) is 6.42 Å². The molecule has 3 heteroatoms. The van der Waals surface area contributed by atoms with Crippen LogP contribution in [0.15, 0.2) is 36.4 Å². The van der Waals surface area contributed by atoms with Crippen molar-refractivity contribution in [2.75, 3.05) is 0 Å². The lowest BCUT2D eigenvalue weighted by atomic mass is 9.94. The van der Waals surface area contributed by atoms with Crippen molar-refractivity contribution in [2.24, 2.45) is 0 Å². The van der Waals surface area contributed by atoms with Gasteiger partial charge in [-0.3, -0.25) is 0 Å². The van der Waals surface area contributed by atoms with E-state index in [9.17, 15) is 9.50 Å². The van der Waals surface area contributed by atoms with E-state index in [1.165, 1.54) is 18.2 Å². The highest BCUT2D eigenvalue weighted by Crippen LogP contribution is 2.28. The maximum atomic E-state index is 13.0. The van der Waals surface area contributed by atoms with Crippen molar-refractivity contribution in [3.8, 4) is 0 Å². The van der Waals surface area contributed by atoms with Crippen LogP contribution >= 0.6 is 11.6 Å².